The molecule has 0 atom stereocenters. The number of ether oxygens (including phenoxy) is 6. The van der Waals surface area contributed by atoms with Gasteiger partial charge in [-0.3, -0.25) is 9.59 Å². The number of methoxy groups -OCH3 is 6. The van der Waals surface area contributed by atoms with Gasteiger partial charge in [-0.25, -0.2) is 0 Å². The van der Waals surface area contributed by atoms with E-state index < -0.39 is 35.6 Å². The molecule has 1 fully saturated rings. The summed E-state index contributed by atoms with van der Waals surface area (Å²) in [6, 6.07) is 10.7. The van der Waals surface area contributed by atoms with E-state index in [-0.39, 0.29) is 0 Å². The van der Waals surface area contributed by atoms with Gasteiger partial charge in [0.05, 0.1) is 54.5 Å². The Bertz CT molecular complexity index is 898. The predicted molar refractivity (Wildman–Crippen MR) is 116 cm³/mol. The maximum absolute atomic E-state index is 12.9. The van der Waals surface area contributed by atoms with Gasteiger partial charge in [0.2, 0.25) is 0 Å². The Kier molecular flexibility index (Phi) is 7.12. The highest BCUT2D eigenvalue weighted by Crippen LogP contribution is 2.59. The van der Waals surface area contributed by atoms with Crippen molar-refractivity contribution in [3.05, 3.63) is 47.5 Å². The molecule has 1 aliphatic carbocycles. The first-order chi connectivity index (χ1) is 15.4. The average molecular weight is 444 g/mol. The molecule has 0 aromatic heterocycles. The summed E-state index contributed by atoms with van der Waals surface area (Å²) in [6.45, 7) is 0. The number of hydrogen-bond acceptors (Lipinski definition) is 8. The van der Waals surface area contributed by atoms with Crippen LogP contribution in [0.4, 0.5) is 0 Å². The van der Waals surface area contributed by atoms with E-state index in [2.05, 4.69) is 0 Å². The van der Waals surface area contributed by atoms with Gasteiger partial charge in [-0.15, -0.1) is 0 Å². The molecule has 2 aromatic carbocycles. The summed E-state index contributed by atoms with van der Waals surface area (Å²) in [7, 11) is 8.83. The molecule has 32 heavy (non-hydrogen) atoms. The molecular weight excluding hydrogens is 416 g/mol. The summed E-state index contributed by atoms with van der Waals surface area (Å²) < 4.78 is 31.7. The standard InChI is InChI=1S/C24H28O8/c1-27-15-9-7-13(11-17(15)29-3)19-21(23(25)31-5)20(22(19)24(26)32-6)14-8-10-16(28-2)18(12-14)30-4/h7-12,19-22H,1-6H3. The van der Waals surface area contributed by atoms with Crippen LogP contribution in [0.1, 0.15) is 23.0 Å². The minimum Gasteiger partial charge on any atom is -0.493 e. The number of carbonyl (C=O) groups excluding carboxylic acids is 2. The first-order valence-corrected chi connectivity index (χ1v) is 10.0. The van der Waals surface area contributed by atoms with Crippen molar-refractivity contribution in [3.8, 4) is 23.0 Å². The monoisotopic (exact) mass is 444 g/mol. The summed E-state index contributed by atoms with van der Waals surface area (Å²) in [5.74, 6) is -0.859. The van der Waals surface area contributed by atoms with Crippen LogP contribution in [-0.2, 0) is 19.1 Å². The summed E-state index contributed by atoms with van der Waals surface area (Å²) in [5, 5.41) is 0. The minimum absolute atomic E-state index is 0.412. The Morgan fingerprint density at radius 2 is 0.906 bits per heavy atom. The number of hydrogen-bond donors (Lipinski definition) is 0. The molecule has 8 heteroatoms. The zero-order chi connectivity index (χ0) is 23.4. The van der Waals surface area contributed by atoms with Crippen molar-refractivity contribution >= 4 is 11.9 Å². The fourth-order valence-corrected chi connectivity index (χ4v) is 4.56. The number of benzene rings is 2. The van der Waals surface area contributed by atoms with Gasteiger partial charge in [-0.1, -0.05) is 12.1 Å². The molecule has 0 heterocycles. The van der Waals surface area contributed by atoms with Gasteiger partial charge in [0.15, 0.2) is 23.0 Å². The molecule has 0 unspecified atom stereocenters. The Labute approximate surface area is 187 Å². The van der Waals surface area contributed by atoms with E-state index >= 15 is 0 Å². The summed E-state index contributed by atoms with van der Waals surface area (Å²) >= 11 is 0. The Morgan fingerprint density at radius 1 is 0.562 bits per heavy atom. The van der Waals surface area contributed by atoms with E-state index in [9.17, 15) is 9.59 Å². The van der Waals surface area contributed by atoms with Crippen LogP contribution in [0.2, 0.25) is 0 Å². The SMILES string of the molecule is COC(=O)C1C(c2ccc(OC)c(OC)c2)C(C(=O)OC)C1c1ccc(OC)c(OC)c1. The third kappa shape index (κ3) is 3.92. The van der Waals surface area contributed by atoms with Crippen LogP contribution in [0.5, 0.6) is 23.0 Å². The van der Waals surface area contributed by atoms with E-state index in [0.29, 0.717) is 23.0 Å². The van der Waals surface area contributed by atoms with Crippen molar-refractivity contribution in [1.29, 1.82) is 0 Å². The summed E-state index contributed by atoms with van der Waals surface area (Å²) in [6.07, 6.45) is 0. The highest BCUT2D eigenvalue weighted by atomic mass is 16.5. The van der Waals surface area contributed by atoms with E-state index in [1.165, 1.54) is 28.4 Å². The average Bonchev–Trinajstić information content (AvgIpc) is 2.82. The van der Waals surface area contributed by atoms with Gasteiger partial charge in [0.25, 0.3) is 0 Å². The summed E-state index contributed by atoms with van der Waals surface area (Å²) in [4.78, 5) is 25.8. The van der Waals surface area contributed by atoms with Crippen molar-refractivity contribution in [2.24, 2.45) is 11.8 Å². The van der Waals surface area contributed by atoms with Gasteiger partial charge in [-0.2, -0.15) is 0 Å². The lowest BCUT2D eigenvalue weighted by molar-refractivity contribution is -0.164. The smallest absolute Gasteiger partial charge is 0.309 e. The summed E-state index contributed by atoms with van der Waals surface area (Å²) in [5.41, 5.74) is 1.51. The van der Waals surface area contributed by atoms with Crippen molar-refractivity contribution in [2.45, 2.75) is 11.8 Å². The van der Waals surface area contributed by atoms with Crippen LogP contribution in [-0.4, -0.2) is 54.6 Å². The number of esters is 2. The molecular formula is C24H28O8. The van der Waals surface area contributed by atoms with Crippen LogP contribution in [0.3, 0.4) is 0 Å². The van der Waals surface area contributed by atoms with Crippen LogP contribution < -0.4 is 18.9 Å². The van der Waals surface area contributed by atoms with Crippen molar-refractivity contribution in [3.63, 3.8) is 0 Å². The minimum atomic E-state index is -0.611. The van der Waals surface area contributed by atoms with Gasteiger partial charge < -0.3 is 28.4 Å². The topological polar surface area (TPSA) is 89.5 Å². The molecule has 0 spiro atoms. The van der Waals surface area contributed by atoms with Crippen molar-refractivity contribution in [2.75, 3.05) is 42.7 Å². The van der Waals surface area contributed by atoms with Gasteiger partial charge >= 0.3 is 11.9 Å². The Hall–Kier alpha value is -3.42. The predicted octanol–water partition coefficient (Wildman–Crippen LogP) is 3.18. The first kappa shape index (κ1) is 23.2. The van der Waals surface area contributed by atoms with Gasteiger partial charge in [0, 0.05) is 11.8 Å². The van der Waals surface area contributed by atoms with Crippen LogP contribution in [0.15, 0.2) is 36.4 Å². The second-order valence-corrected chi connectivity index (χ2v) is 7.38. The van der Waals surface area contributed by atoms with E-state index in [0.717, 1.165) is 11.1 Å². The second-order valence-electron chi connectivity index (χ2n) is 7.38. The lowest BCUT2D eigenvalue weighted by Crippen LogP contribution is -2.51. The third-order valence-corrected chi connectivity index (χ3v) is 6.08. The van der Waals surface area contributed by atoms with E-state index in [1.54, 1.807) is 38.5 Å². The molecule has 3 rings (SSSR count). The molecule has 0 amide bonds. The molecule has 0 bridgehead atoms. The largest absolute Gasteiger partial charge is 0.493 e. The molecule has 0 N–H and O–H groups in total. The molecule has 2 aromatic rings. The van der Waals surface area contributed by atoms with Crippen molar-refractivity contribution in [1.82, 2.24) is 0 Å². The normalized spacial score (nSPS) is 21.7. The van der Waals surface area contributed by atoms with Crippen LogP contribution in [0, 0.1) is 11.8 Å². The molecule has 0 aliphatic heterocycles. The zero-order valence-corrected chi connectivity index (χ0v) is 19.0. The highest BCUT2D eigenvalue weighted by molar-refractivity contribution is 5.85. The molecule has 0 saturated heterocycles. The number of carbonyl (C=O) groups is 2. The molecule has 1 aliphatic rings. The fraction of sp³-hybridized carbons (Fsp3) is 0.417. The highest BCUT2D eigenvalue weighted by Gasteiger charge is 2.59. The van der Waals surface area contributed by atoms with Gasteiger partial charge in [0.1, 0.15) is 0 Å². The van der Waals surface area contributed by atoms with E-state index in [4.69, 9.17) is 28.4 Å². The molecule has 172 valence electrons. The van der Waals surface area contributed by atoms with Crippen LogP contribution >= 0.6 is 0 Å². The lowest BCUT2D eigenvalue weighted by Gasteiger charge is -2.49. The Morgan fingerprint density at radius 3 is 1.19 bits per heavy atom. The third-order valence-electron chi connectivity index (χ3n) is 6.08. The second kappa shape index (κ2) is 9.80. The van der Waals surface area contributed by atoms with Crippen LogP contribution in [0.25, 0.3) is 0 Å². The van der Waals surface area contributed by atoms with E-state index in [1.807, 2.05) is 12.1 Å². The lowest BCUT2D eigenvalue weighted by atomic mass is 9.52. The van der Waals surface area contributed by atoms with Gasteiger partial charge in [-0.05, 0) is 35.4 Å². The quantitative estimate of drug-likeness (QED) is 0.574. The maximum atomic E-state index is 12.9. The number of rotatable bonds is 8. The molecule has 0 radical (unpaired) electrons. The maximum Gasteiger partial charge on any atom is 0.309 e. The van der Waals surface area contributed by atoms with Crippen molar-refractivity contribution < 1.29 is 38.0 Å². The molecule has 1 saturated carbocycles. The Balaban J connectivity index is 2.12. The molecule has 8 nitrogen and oxygen atoms in total. The first-order valence-electron chi connectivity index (χ1n) is 10.0. The fourth-order valence-electron chi connectivity index (χ4n) is 4.56. The zero-order valence-electron chi connectivity index (χ0n) is 19.0.